The smallest absolute Gasteiger partial charge is 0.219 e. The second-order valence-corrected chi connectivity index (χ2v) is 9.41. The van der Waals surface area contributed by atoms with Gasteiger partial charge in [-0.3, -0.25) is 4.68 Å². The monoisotopic (exact) mass is 399 g/mol. The minimum atomic E-state index is -3.55. The van der Waals surface area contributed by atoms with E-state index in [0.29, 0.717) is 5.76 Å². The van der Waals surface area contributed by atoms with Crippen molar-refractivity contribution in [1.29, 1.82) is 0 Å². The number of hydrogen-bond acceptors (Lipinski definition) is 4. The van der Waals surface area contributed by atoms with E-state index >= 15 is 0 Å². The van der Waals surface area contributed by atoms with Gasteiger partial charge in [0.25, 0.3) is 0 Å². The van der Waals surface area contributed by atoms with Gasteiger partial charge in [-0.05, 0) is 49.4 Å². The van der Waals surface area contributed by atoms with E-state index in [1.54, 1.807) is 18.4 Å². The Morgan fingerprint density at radius 2 is 2.04 bits per heavy atom. The van der Waals surface area contributed by atoms with Crippen LogP contribution in [0.5, 0.6) is 0 Å². The van der Waals surface area contributed by atoms with E-state index in [-0.39, 0.29) is 18.8 Å². The predicted octanol–water partition coefficient (Wildman–Crippen LogP) is 3.34. The maximum absolute atomic E-state index is 13.3. The molecule has 148 valence electrons. The van der Waals surface area contributed by atoms with Crippen LogP contribution in [0, 0.1) is 6.92 Å². The van der Waals surface area contributed by atoms with Crippen molar-refractivity contribution < 1.29 is 12.8 Å². The summed E-state index contributed by atoms with van der Waals surface area (Å²) >= 11 is 0. The lowest BCUT2D eigenvalue weighted by molar-refractivity contribution is 0.353. The van der Waals surface area contributed by atoms with E-state index in [2.05, 4.69) is 5.10 Å². The number of aromatic nitrogens is 2. The number of benzene rings is 1. The Balaban J connectivity index is 1.64. The molecule has 0 atom stereocenters. The van der Waals surface area contributed by atoms with Gasteiger partial charge in [0.15, 0.2) is 0 Å². The van der Waals surface area contributed by atoms with Gasteiger partial charge in [0.2, 0.25) is 10.0 Å². The van der Waals surface area contributed by atoms with Gasteiger partial charge in [0.1, 0.15) is 5.76 Å². The highest BCUT2D eigenvalue weighted by Gasteiger charge is 2.28. The van der Waals surface area contributed by atoms with Crippen molar-refractivity contribution in [3.8, 4) is 0 Å². The molecule has 0 saturated carbocycles. The predicted molar refractivity (Wildman–Crippen MR) is 107 cm³/mol. The highest BCUT2D eigenvalue weighted by Crippen LogP contribution is 2.27. The number of sulfonamides is 1. The van der Waals surface area contributed by atoms with Crippen LogP contribution < -0.4 is 0 Å². The standard InChI is InChI=1S/C21H25N3O3S/c1-16-6-3-7-17(12-16)15-28(25,26)24(13-18-8-5-11-27-18)14-20-19-9-4-10-21(19)23(2)22-20/h3,5-8,11-12H,4,9-10,13-15H2,1-2H3. The number of nitrogens with zero attached hydrogens (tertiary/aromatic N) is 3. The molecule has 0 radical (unpaired) electrons. The number of rotatable bonds is 7. The van der Waals surface area contributed by atoms with Gasteiger partial charge in [-0.2, -0.15) is 9.40 Å². The molecule has 28 heavy (non-hydrogen) atoms. The third-order valence-corrected chi connectivity index (χ3v) is 7.00. The summed E-state index contributed by atoms with van der Waals surface area (Å²) in [4.78, 5) is 0. The summed E-state index contributed by atoms with van der Waals surface area (Å²) in [5, 5.41) is 4.62. The largest absolute Gasteiger partial charge is 0.468 e. The van der Waals surface area contributed by atoms with Crippen molar-refractivity contribution in [3.05, 3.63) is 76.5 Å². The van der Waals surface area contributed by atoms with Crippen LogP contribution in [0.4, 0.5) is 0 Å². The van der Waals surface area contributed by atoms with Crippen LogP contribution in [0.2, 0.25) is 0 Å². The summed E-state index contributed by atoms with van der Waals surface area (Å²) in [7, 11) is -1.61. The third-order valence-electron chi connectivity index (χ3n) is 5.26. The SMILES string of the molecule is Cc1cccc(CS(=O)(=O)N(Cc2ccco2)Cc2nn(C)c3c2CCC3)c1. The van der Waals surface area contributed by atoms with Crippen LogP contribution in [0.25, 0.3) is 0 Å². The Labute approximate surface area is 165 Å². The molecule has 2 aromatic heterocycles. The molecule has 0 amide bonds. The van der Waals surface area contributed by atoms with Crippen molar-refractivity contribution in [2.45, 2.75) is 45.0 Å². The van der Waals surface area contributed by atoms with E-state index in [9.17, 15) is 8.42 Å². The van der Waals surface area contributed by atoms with E-state index in [4.69, 9.17) is 4.42 Å². The Morgan fingerprint density at radius 3 is 2.79 bits per heavy atom. The first-order valence-corrected chi connectivity index (χ1v) is 11.1. The molecular weight excluding hydrogens is 374 g/mol. The molecule has 0 fully saturated rings. The molecule has 0 aliphatic heterocycles. The summed E-state index contributed by atoms with van der Waals surface area (Å²) in [6, 6.07) is 11.2. The second-order valence-electron chi connectivity index (χ2n) is 7.44. The fraction of sp³-hybridized carbons (Fsp3) is 0.381. The van der Waals surface area contributed by atoms with Gasteiger partial charge in [0.05, 0.1) is 30.8 Å². The van der Waals surface area contributed by atoms with Crippen molar-refractivity contribution in [2.75, 3.05) is 0 Å². The van der Waals surface area contributed by atoms with Crippen LogP contribution in [-0.4, -0.2) is 22.5 Å². The fourth-order valence-electron chi connectivity index (χ4n) is 3.92. The van der Waals surface area contributed by atoms with Crippen LogP contribution in [0.1, 0.15) is 40.3 Å². The lowest BCUT2D eigenvalue weighted by Crippen LogP contribution is -2.31. The molecule has 1 aliphatic carbocycles. The van der Waals surface area contributed by atoms with Gasteiger partial charge in [0, 0.05) is 12.7 Å². The highest BCUT2D eigenvalue weighted by atomic mass is 32.2. The molecule has 1 aromatic carbocycles. The normalized spacial score (nSPS) is 14.0. The molecule has 6 nitrogen and oxygen atoms in total. The van der Waals surface area contributed by atoms with Crippen molar-refractivity contribution in [2.24, 2.45) is 7.05 Å². The number of fused-ring (bicyclic) bond motifs is 1. The number of furan rings is 1. The van der Waals surface area contributed by atoms with Gasteiger partial charge < -0.3 is 4.42 Å². The molecule has 4 rings (SSSR count). The number of hydrogen-bond donors (Lipinski definition) is 0. The second kappa shape index (κ2) is 7.56. The molecule has 1 aliphatic rings. The van der Waals surface area contributed by atoms with E-state index in [0.717, 1.165) is 36.1 Å². The average Bonchev–Trinajstić information content (AvgIpc) is 3.35. The molecule has 0 saturated heterocycles. The molecule has 0 unspecified atom stereocenters. The summed E-state index contributed by atoms with van der Waals surface area (Å²) in [6.07, 6.45) is 4.64. The lowest BCUT2D eigenvalue weighted by atomic mass is 10.2. The Morgan fingerprint density at radius 1 is 1.18 bits per heavy atom. The summed E-state index contributed by atoms with van der Waals surface area (Å²) in [5.74, 6) is 0.588. The first kappa shape index (κ1) is 19.0. The molecule has 0 spiro atoms. The summed E-state index contributed by atoms with van der Waals surface area (Å²) in [5.41, 5.74) is 5.12. The minimum absolute atomic E-state index is 0.0373. The first-order valence-electron chi connectivity index (χ1n) is 9.52. The van der Waals surface area contributed by atoms with Crippen molar-refractivity contribution >= 4 is 10.0 Å². The van der Waals surface area contributed by atoms with Crippen molar-refractivity contribution in [1.82, 2.24) is 14.1 Å². The molecule has 2 heterocycles. The highest BCUT2D eigenvalue weighted by molar-refractivity contribution is 7.88. The molecule has 7 heteroatoms. The van der Waals surface area contributed by atoms with Crippen molar-refractivity contribution in [3.63, 3.8) is 0 Å². The molecule has 3 aromatic rings. The van der Waals surface area contributed by atoms with Gasteiger partial charge >= 0.3 is 0 Å². The van der Waals surface area contributed by atoms with Crippen LogP contribution in [0.15, 0.2) is 47.1 Å². The van der Waals surface area contributed by atoms with E-state index in [1.807, 2.05) is 42.9 Å². The Kier molecular flexibility index (Phi) is 5.12. The topological polar surface area (TPSA) is 68.3 Å². The Hall–Kier alpha value is -2.38. The fourth-order valence-corrected chi connectivity index (χ4v) is 5.35. The van der Waals surface area contributed by atoms with Gasteiger partial charge in [-0.25, -0.2) is 8.42 Å². The third kappa shape index (κ3) is 3.91. The lowest BCUT2D eigenvalue weighted by Gasteiger charge is -2.21. The zero-order chi connectivity index (χ0) is 19.7. The van der Waals surface area contributed by atoms with Gasteiger partial charge in [-0.15, -0.1) is 0 Å². The first-order chi connectivity index (χ1) is 13.4. The Bertz CT molecular complexity index is 1070. The molecular formula is C21H25N3O3S. The number of aryl methyl sites for hydroxylation is 2. The zero-order valence-corrected chi connectivity index (χ0v) is 17.1. The maximum Gasteiger partial charge on any atom is 0.219 e. The quantitative estimate of drug-likeness (QED) is 0.611. The van der Waals surface area contributed by atoms with Crippen LogP contribution in [0.3, 0.4) is 0 Å². The van der Waals surface area contributed by atoms with Crippen LogP contribution in [-0.2, 0) is 48.8 Å². The minimum Gasteiger partial charge on any atom is -0.468 e. The zero-order valence-electron chi connectivity index (χ0n) is 16.3. The molecule has 0 bridgehead atoms. The maximum atomic E-state index is 13.3. The van der Waals surface area contributed by atoms with E-state index in [1.165, 1.54) is 15.6 Å². The summed E-state index contributed by atoms with van der Waals surface area (Å²) in [6.45, 7) is 2.43. The summed E-state index contributed by atoms with van der Waals surface area (Å²) < 4.78 is 35.4. The molecule has 0 N–H and O–H groups in total. The van der Waals surface area contributed by atoms with E-state index < -0.39 is 10.0 Å². The van der Waals surface area contributed by atoms with Gasteiger partial charge in [-0.1, -0.05) is 29.8 Å². The van der Waals surface area contributed by atoms with Crippen LogP contribution >= 0.6 is 0 Å². The average molecular weight is 400 g/mol.